The molecule has 0 aliphatic heterocycles. The van der Waals surface area contributed by atoms with Crippen molar-refractivity contribution in [3.05, 3.63) is 59.2 Å². The van der Waals surface area contributed by atoms with Gasteiger partial charge in [-0.3, -0.25) is 4.98 Å². The third-order valence-electron chi connectivity index (χ3n) is 3.67. The zero-order valence-corrected chi connectivity index (χ0v) is 16.6. The van der Waals surface area contributed by atoms with E-state index < -0.39 is 18.7 Å². The van der Waals surface area contributed by atoms with Gasteiger partial charge in [-0.1, -0.05) is 15.9 Å². The van der Waals surface area contributed by atoms with Crippen LogP contribution in [0.4, 0.5) is 19.3 Å². The molecule has 0 aliphatic carbocycles. The predicted molar refractivity (Wildman–Crippen MR) is 104 cm³/mol. The van der Waals surface area contributed by atoms with E-state index in [9.17, 15) is 13.6 Å². The molecule has 0 fully saturated rings. The minimum absolute atomic E-state index is 0.0870. The number of rotatable bonds is 6. The minimum Gasteiger partial charge on any atom is -0.433 e. The van der Waals surface area contributed by atoms with Crippen molar-refractivity contribution in [1.82, 2.24) is 25.3 Å². The van der Waals surface area contributed by atoms with Crippen LogP contribution in [0, 0.1) is 0 Å². The van der Waals surface area contributed by atoms with E-state index in [-0.39, 0.29) is 11.4 Å². The minimum atomic E-state index is -3.03. The van der Waals surface area contributed by atoms with E-state index in [1.54, 1.807) is 31.5 Å². The van der Waals surface area contributed by atoms with Crippen molar-refractivity contribution in [2.45, 2.75) is 19.6 Å². The fourth-order valence-electron chi connectivity index (χ4n) is 2.48. The van der Waals surface area contributed by atoms with Crippen molar-refractivity contribution in [3.63, 3.8) is 0 Å². The molecule has 8 nitrogen and oxygen atoms in total. The van der Waals surface area contributed by atoms with Crippen molar-refractivity contribution in [2.75, 3.05) is 5.32 Å². The molecule has 0 saturated heterocycles. The first-order valence-corrected chi connectivity index (χ1v) is 9.13. The lowest BCUT2D eigenvalue weighted by Crippen LogP contribution is -2.32. The molecular formula is C18H15BrF2N6O2. The number of halogens is 3. The second-order valence-electron chi connectivity index (χ2n) is 5.70. The van der Waals surface area contributed by atoms with Crippen LogP contribution < -0.4 is 15.4 Å². The smallest absolute Gasteiger partial charge is 0.387 e. The molecule has 2 aromatic heterocycles. The first-order chi connectivity index (χ1) is 13.9. The molecule has 1 aromatic carbocycles. The molecule has 0 spiro atoms. The van der Waals surface area contributed by atoms with Gasteiger partial charge < -0.3 is 15.4 Å². The molecule has 3 aromatic rings. The van der Waals surface area contributed by atoms with Crippen LogP contribution in [0.1, 0.15) is 18.7 Å². The van der Waals surface area contributed by atoms with Gasteiger partial charge in [-0.2, -0.15) is 8.78 Å². The Morgan fingerprint density at radius 3 is 2.55 bits per heavy atom. The van der Waals surface area contributed by atoms with Gasteiger partial charge in [0.15, 0.2) is 11.6 Å². The summed E-state index contributed by atoms with van der Waals surface area (Å²) in [6.45, 7) is -1.33. The van der Waals surface area contributed by atoms with Gasteiger partial charge in [-0.15, -0.1) is 0 Å². The number of anilines is 1. The third kappa shape index (κ3) is 5.41. The van der Waals surface area contributed by atoms with Crippen LogP contribution in [0.3, 0.4) is 0 Å². The quantitative estimate of drug-likeness (QED) is 0.567. The van der Waals surface area contributed by atoms with Gasteiger partial charge in [0, 0.05) is 29.3 Å². The lowest BCUT2D eigenvalue weighted by molar-refractivity contribution is -0.0493. The van der Waals surface area contributed by atoms with Gasteiger partial charge in [-0.25, -0.2) is 19.7 Å². The highest BCUT2D eigenvalue weighted by molar-refractivity contribution is 9.10. The molecule has 0 aliphatic rings. The fourth-order valence-corrected chi connectivity index (χ4v) is 2.82. The van der Waals surface area contributed by atoms with Gasteiger partial charge in [0.05, 0.1) is 17.4 Å². The summed E-state index contributed by atoms with van der Waals surface area (Å²) in [6.07, 6.45) is 6.13. The average Bonchev–Trinajstić information content (AvgIpc) is 2.70. The van der Waals surface area contributed by atoms with E-state index in [4.69, 9.17) is 0 Å². The number of carbonyl (C=O) groups excluding carboxylic acids is 1. The molecule has 0 bridgehead atoms. The van der Waals surface area contributed by atoms with E-state index in [1.165, 1.54) is 24.5 Å². The molecule has 2 N–H and O–H groups in total. The SMILES string of the molecule is CC(NC(=O)Nc1ccc(Br)cc1OC(F)F)c1nccnc1-c1ncccn1. The van der Waals surface area contributed by atoms with E-state index in [0.717, 1.165) is 0 Å². The Morgan fingerprint density at radius 1 is 1.10 bits per heavy atom. The lowest BCUT2D eigenvalue weighted by Gasteiger charge is -2.17. The topological polar surface area (TPSA) is 102 Å². The number of benzene rings is 1. The summed E-state index contributed by atoms with van der Waals surface area (Å²) in [5.41, 5.74) is 0.962. The number of nitrogens with one attached hydrogen (secondary N) is 2. The van der Waals surface area contributed by atoms with Gasteiger partial charge in [0.1, 0.15) is 5.69 Å². The standard InChI is InChI=1S/C18H15BrF2N6O2/c1-10(14-15(23-8-7-22-14)16-24-5-2-6-25-16)26-18(28)27-12-4-3-11(19)9-13(12)29-17(20)21/h2-10,17H,1H3,(H2,26,27,28). The maximum absolute atomic E-state index is 12.6. The Kier molecular flexibility index (Phi) is 6.60. The van der Waals surface area contributed by atoms with Crippen molar-refractivity contribution in [3.8, 4) is 17.3 Å². The number of hydrogen-bond acceptors (Lipinski definition) is 6. The summed E-state index contributed by atoms with van der Waals surface area (Å²) >= 11 is 3.17. The largest absolute Gasteiger partial charge is 0.433 e. The summed E-state index contributed by atoms with van der Waals surface area (Å²) < 4.78 is 30.2. The molecule has 1 atom stereocenters. The average molecular weight is 465 g/mol. The van der Waals surface area contributed by atoms with Gasteiger partial charge in [0.2, 0.25) is 0 Å². The van der Waals surface area contributed by atoms with Crippen molar-refractivity contribution in [1.29, 1.82) is 0 Å². The Morgan fingerprint density at radius 2 is 1.83 bits per heavy atom. The molecule has 1 unspecified atom stereocenters. The number of amides is 2. The van der Waals surface area contributed by atoms with Crippen LogP contribution in [0.25, 0.3) is 11.5 Å². The Hall–Kier alpha value is -3.21. The molecule has 0 saturated carbocycles. The summed E-state index contributed by atoms with van der Waals surface area (Å²) in [5, 5.41) is 5.18. The molecule has 0 radical (unpaired) electrons. The second kappa shape index (κ2) is 9.32. The van der Waals surface area contributed by atoms with Crippen LogP contribution in [0.5, 0.6) is 5.75 Å². The number of nitrogens with zero attached hydrogens (tertiary/aromatic N) is 4. The number of alkyl halides is 2. The zero-order chi connectivity index (χ0) is 20.8. The molecule has 2 amide bonds. The van der Waals surface area contributed by atoms with Crippen LogP contribution in [0.2, 0.25) is 0 Å². The van der Waals surface area contributed by atoms with E-state index in [2.05, 4.69) is 51.2 Å². The van der Waals surface area contributed by atoms with Crippen LogP contribution in [-0.2, 0) is 0 Å². The van der Waals surface area contributed by atoms with Crippen molar-refractivity contribution < 1.29 is 18.3 Å². The first kappa shape index (κ1) is 20.5. The van der Waals surface area contributed by atoms with E-state index >= 15 is 0 Å². The number of aromatic nitrogens is 4. The lowest BCUT2D eigenvalue weighted by atomic mass is 10.1. The summed E-state index contributed by atoms with van der Waals surface area (Å²) in [6, 6.07) is 4.83. The maximum atomic E-state index is 12.6. The van der Waals surface area contributed by atoms with Crippen LogP contribution in [-0.4, -0.2) is 32.6 Å². The third-order valence-corrected chi connectivity index (χ3v) is 4.16. The summed E-state index contributed by atoms with van der Waals surface area (Å²) in [5.74, 6) is 0.195. The molecule has 3 rings (SSSR count). The molecule has 11 heteroatoms. The van der Waals surface area contributed by atoms with Gasteiger partial charge >= 0.3 is 12.6 Å². The van der Waals surface area contributed by atoms with Crippen molar-refractivity contribution >= 4 is 27.6 Å². The Bertz CT molecular complexity index is 993. The normalized spacial score (nSPS) is 11.8. The summed E-state index contributed by atoms with van der Waals surface area (Å²) in [7, 11) is 0. The predicted octanol–water partition coefficient (Wildman–Crippen LogP) is 4.18. The van der Waals surface area contributed by atoms with Crippen LogP contribution in [0.15, 0.2) is 53.5 Å². The zero-order valence-electron chi connectivity index (χ0n) is 15.0. The van der Waals surface area contributed by atoms with E-state index in [0.29, 0.717) is 21.7 Å². The van der Waals surface area contributed by atoms with Crippen LogP contribution >= 0.6 is 15.9 Å². The Balaban J connectivity index is 1.76. The van der Waals surface area contributed by atoms with Gasteiger partial charge in [0.25, 0.3) is 0 Å². The highest BCUT2D eigenvalue weighted by Gasteiger charge is 2.19. The highest BCUT2D eigenvalue weighted by atomic mass is 79.9. The van der Waals surface area contributed by atoms with Crippen molar-refractivity contribution in [2.24, 2.45) is 0 Å². The van der Waals surface area contributed by atoms with E-state index in [1.807, 2.05) is 0 Å². The highest BCUT2D eigenvalue weighted by Crippen LogP contribution is 2.30. The maximum Gasteiger partial charge on any atom is 0.387 e. The number of ether oxygens (including phenoxy) is 1. The molecular weight excluding hydrogens is 450 g/mol. The monoisotopic (exact) mass is 464 g/mol. The van der Waals surface area contributed by atoms with Gasteiger partial charge in [-0.05, 0) is 31.2 Å². The molecule has 150 valence electrons. The number of carbonyl (C=O) groups is 1. The molecule has 2 heterocycles. The Labute approximate surface area is 172 Å². The number of urea groups is 1. The fraction of sp³-hybridized carbons (Fsp3) is 0.167. The number of hydrogen-bond donors (Lipinski definition) is 2. The first-order valence-electron chi connectivity index (χ1n) is 8.34. The second-order valence-corrected chi connectivity index (χ2v) is 6.62. The molecule has 29 heavy (non-hydrogen) atoms. The summed E-state index contributed by atoms with van der Waals surface area (Å²) in [4.78, 5) is 29.2.